The van der Waals surface area contributed by atoms with Crippen LogP contribution in [0.5, 0.6) is 5.75 Å². The van der Waals surface area contributed by atoms with Crippen molar-refractivity contribution in [3.05, 3.63) is 29.3 Å². The number of esters is 1. The maximum atomic E-state index is 14.1. The van der Waals surface area contributed by atoms with Crippen LogP contribution in [0.1, 0.15) is 31.7 Å². The van der Waals surface area contributed by atoms with E-state index in [0.717, 1.165) is 6.07 Å². The second kappa shape index (κ2) is 7.44. The largest absolute Gasteiger partial charge is 0.493 e. The van der Waals surface area contributed by atoms with Gasteiger partial charge in [-0.05, 0) is 26.3 Å². The molecule has 1 aliphatic heterocycles. The van der Waals surface area contributed by atoms with E-state index in [9.17, 15) is 13.6 Å². The highest BCUT2D eigenvalue weighted by Gasteiger charge is 2.49. The smallest absolute Gasteiger partial charge is 0.335 e. The molecular formula is C17H22F2O5. The lowest BCUT2D eigenvalue weighted by Gasteiger charge is -2.22. The van der Waals surface area contributed by atoms with Crippen LogP contribution in [0.15, 0.2) is 12.1 Å². The molecule has 2 rings (SSSR count). The van der Waals surface area contributed by atoms with Crippen molar-refractivity contribution in [1.82, 2.24) is 0 Å². The van der Waals surface area contributed by atoms with Gasteiger partial charge in [0.25, 0.3) is 0 Å². The fourth-order valence-electron chi connectivity index (χ4n) is 3.16. The summed E-state index contributed by atoms with van der Waals surface area (Å²) in [5.41, 5.74) is -0.374. The molecule has 1 aromatic rings. The number of ether oxygens (including phenoxy) is 4. The number of carbonyl (C=O) groups is 1. The number of hydrogen-bond donors (Lipinski definition) is 0. The minimum Gasteiger partial charge on any atom is -0.493 e. The van der Waals surface area contributed by atoms with E-state index in [1.54, 1.807) is 13.8 Å². The normalized spacial score (nSPS) is 26.4. The predicted molar refractivity (Wildman–Crippen MR) is 82.1 cm³/mol. The zero-order valence-electron chi connectivity index (χ0n) is 14.2. The van der Waals surface area contributed by atoms with Gasteiger partial charge in [-0.25, -0.2) is 9.18 Å². The Morgan fingerprint density at radius 1 is 1.38 bits per heavy atom. The van der Waals surface area contributed by atoms with Crippen molar-refractivity contribution in [2.45, 2.75) is 37.9 Å². The third-order valence-corrected chi connectivity index (χ3v) is 4.08. The zero-order valence-corrected chi connectivity index (χ0v) is 14.2. The van der Waals surface area contributed by atoms with Crippen LogP contribution >= 0.6 is 0 Å². The average Bonchev–Trinajstić information content (AvgIpc) is 2.88. The molecule has 0 radical (unpaired) electrons. The summed E-state index contributed by atoms with van der Waals surface area (Å²) in [6, 6.07) is 2.43. The molecule has 0 amide bonds. The first-order valence-corrected chi connectivity index (χ1v) is 7.72. The Labute approximate surface area is 139 Å². The monoisotopic (exact) mass is 344 g/mol. The predicted octanol–water partition coefficient (Wildman–Crippen LogP) is 2.81. The Morgan fingerprint density at radius 2 is 2.08 bits per heavy atom. The summed E-state index contributed by atoms with van der Waals surface area (Å²) in [4.78, 5) is 12.3. The number of methoxy groups -OCH3 is 2. The molecule has 7 heteroatoms. The molecule has 0 spiro atoms. The van der Waals surface area contributed by atoms with E-state index in [1.165, 1.54) is 20.3 Å². The molecule has 1 saturated heterocycles. The molecule has 0 saturated carbocycles. The quantitative estimate of drug-likeness (QED) is 0.743. The number of carbonyl (C=O) groups excluding carboxylic acids is 1. The van der Waals surface area contributed by atoms with Crippen LogP contribution in [-0.2, 0) is 19.0 Å². The van der Waals surface area contributed by atoms with Crippen molar-refractivity contribution in [2.75, 3.05) is 27.4 Å². The Kier molecular flexibility index (Phi) is 5.77. The maximum absolute atomic E-state index is 14.1. The molecule has 1 fully saturated rings. The summed E-state index contributed by atoms with van der Waals surface area (Å²) in [6.07, 6.45) is -0.560. The van der Waals surface area contributed by atoms with Gasteiger partial charge >= 0.3 is 5.97 Å². The highest BCUT2D eigenvalue weighted by atomic mass is 19.2. The van der Waals surface area contributed by atoms with Crippen LogP contribution in [0.2, 0.25) is 0 Å². The summed E-state index contributed by atoms with van der Waals surface area (Å²) < 4.78 is 48.7. The first-order chi connectivity index (χ1) is 11.4. The number of hydrogen-bond acceptors (Lipinski definition) is 5. The van der Waals surface area contributed by atoms with Crippen molar-refractivity contribution >= 4 is 5.97 Å². The highest BCUT2D eigenvalue weighted by molar-refractivity contribution is 5.77. The van der Waals surface area contributed by atoms with Crippen molar-refractivity contribution < 1.29 is 32.5 Å². The van der Waals surface area contributed by atoms with Gasteiger partial charge in [0.05, 0.1) is 25.9 Å². The fourth-order valence-corrected chi connectivity index (χ4v) is 3.16. The minimum absolute atomic E-state index is 0.196. The molecule has 2 unspecified atom stereocenters. The van der Waals surface area contributed by atoms with E-state index < -0.39 is 35.2 Å². The molecule has 24 heavy (non-hydrogen) atoms. The van der Waals surface area contributed by atoms with Crippen LogP contribution < -0.4 is 4.74 Å². The number of rotatable bonds is 6. The molecular weight excluding hydrogens is 322 g/mol. The second-order valence-electron chi connectivity index (χ2n) is 5.97. The van der Waals surface area contributed by atoms with Crippen LogP contribution in [0.4, 0.5) is 8.78 Å². The van der Waals surface area contributed by atoms with Crippen LogP contribution in [0, 0.1) is 11.6 Å². The molecule has 0 N–H and O–H groups in total. The van der Waals surface area contributed by atoms with Gasteiger partial charge < -0.3 is 18.9 Å². The third kappa shape index (κ3) is 3.52. The first-order valence-electron chi connectivity index (χ1n) is 7.72. The summed E-state index contributed by atoms with van der Waals surface area (Å²) >= 11 is 0. The van der Waals surface area contributed by atoms with Gasteiger partial charge in [-0.3, -0.25) is 0 Å². The standard InChI is InChI=1S/C17H22F2O5/c1-5-23-16(20)15-11(8-17(2,24-15)9-21-3)10-6-7-12(18)13(19)14(10)22-4/h6-7,11,15H,5,8-9H2,1-4H3/t11?,15-,17?/m0/s1. The number of halogens is 2. The summed E-state index contributed by atoms with van der Waals surface area (Å²) in [7, 11) is 2.78. The zero-order chi connectivity index (χ0) is 17.9. The third-order valence-electron chi connectivity index (χ3n) is 4.08. The SMILES string of the molecule is CCOC(=O)[C@H]1OC(C)(COC)CC1c1ccc(F)c(F)c1OC. The van der Waals surface area contributed by atoms with Crippen molar-refractivity contribution in [3.63, 3.8) is 0 Å². The van der Waals surface area contributed by atoms with E-state index in [2.05, 4.69) is 0 Å². The number of benzene rings is 1. The lowest BCUT2D eigenvalue weighted by Crippen LogP contribution is -2.33. The van der Waals surface area contributed by atoms with Gasteiger partial charge in [-0.15, -0.1) is 0 Å². The Bertz CT molecular complexity index is 607. The van der Waals surface area contributed by atoms with Gasteiger partial charge in [-0.2, -0.15) is 4.39 Å². The summed E-state index contributed by atoms with van der Waals surface area (Å²) in [5.74, 6) is -3.40. The van der Waals surface area contributed by atoms with Crippen LogP contribution in [0.25, 0.3) is 0 Å². The Morgan fingerprint density at radius 3 is 2.67 bits per heavy atom. The maximum Gasteiger partial charge on any atom is 0.335 e. The van der Waals surface area contributed by atoms with Gasteiger partial charge in [0.15, 0.2) is 17.7 Å². The average molecular weight is 344 g/mol. The van der Waals surface area contributed by atoms with E-state index in [0.29, 0.717) is 12.0 Å². The van der Waals surface area contributed by atoms with Gasteiger partial charge in [-0.1, -0.05) is 6.07 Å². The molecule has 1 heterocycles. The van der Waals surface area contributed by atoms with Crippen molar-refractivity contribution in [1.29, 1.82) is 0 Å². The van der Waals surface area contributed by atoms with Gasteiger partial charge in [0, 0.05) is 18.6 Å². The van der Waals surface area contributed by atoms with E-state index >= 15 is 0 Å². The molecule has 1 aliphatic rings. The molecule has 1 aromatic carbocycles. The topological polar surface area (TPSA) is 54.0 Å². The molecule has 5 nitrogen and oxygen atoms in total. The molecule has 0 aromatic heterocycles. The van der Waals surface area contributed by atoms with Crippen molar-refractivity contribution in [3.8, 4) is 5.75 Å². The Hall–Kier alpha value is -1.73. The summed E-state index contributed by atoms with van der Waals surface area (Å²) in [5, 5.41) is 0. The van der Waals surface area contributed by atoms with Crippen LogP contribution in [-0.4, -0.2) is 45.1 Å². The lowest BCUT2D eigenvalue weighted by molar-refractivity contribution is -0.163. The molecule has 0 bridgehead atoms. The molecule has 134 valence electrons. The molecule has 3 atom stereocenters. The highest BCUT2D eigenvalue weighted by Crippen LogP contribution is 2.45. The lowest BCUT2D eigenvalue weighted by atomic mass is 9.86. The molecule has 0 aliphatic carbocycles. The first kappa shape index (κ1) is 18.6. The fraction of sp³-hybridized carbons (Fsp3) is 0.588. The van der Waals surface area contributed by atoms with E-state index in [1.807, 2.05) is 0 Å². The summed E-state index contributed by atoms with van der Waals surface area (Å²) in [6.45, 7) is 3.94. The second-order valence-corrected chi connectivity index (χ2v) is 5.97. The minimum atomic E-state index is -1.09. The Balaban J connectivity index is 2.45. The van der Waals surface area contributed by atoms with Gasteiger partial charge in [0.1, 0.15) is 0 Å². The van der Waals surface area contributed by atoms with E-state index in [4.69, 9.17) is 18.9 Å². The van der Waals surface area contributed by atoms with Crippen LogP contribution in [0.3, 0.4) is 0 Å². The van der Waals surface area contributed by atoms with E-state index in [-0.39, 0.29) is 19.0 Å². The van der Waals surface area contributed by atoms with Crippen molar-refractivity contribution in [2.24, 2.45) is 0 Å². The van der Waals surface area contributed by atoms with Gasteiger partial charge in [0.2, 0.25) is 5.82 Å².